The highest BCUT2D eigenvalue weighted by Gasteiger charge is 2.24. The van der Waals surface area contributed by atoms with Crippen LogP contribution in [0.4, 0.5) is 11.8 Å². The molecule has 2 saturated heterocycles. The van der Waals surface area contributed by atoms with E-state index >= 15 is 0 Å². The summed E-state index contributed by atoms with van der Waals surface area (Å²) in [5.74, 6) is 1.79. The molecule has 0 spiro atoms. The summed E-state index contributed by atoms with van der Waals surface area (Å²) in [4.78, 5) is 16.4. The number of aromatic nitrogens is 2. The lowest BCUT2D eigenvalue weighted by atomic mass is 10.0. The van der Waals surface area contributed by atoms with Crippen molar-refractivity contribution in [2.24, 2.45) is 0 Å². The Balaban J connectivity index is 1.27. The van der Waals surface area contributed by atoms with Gasteiger partial charge in [-0.25, -0.2) is 4.98 Å². The van der Waals surface area contributed by atoms with Gasteiger partial charge in [-0.1, -0.05) is 6.07 Å². The zero-order chi connectivity index (χ0) is 21.2. The fraction of sp³-hybridized carbons (Fsp3) is 0.565. The SMILES string of the molecule is Nc1nc(N2CCCC2)nc2c1CN(Cc1ccc(O)c(CN3CCOCC3)c1)CC2. The Morgan fingerprint density at radius 3 is 2.58 bits per heavy atom. The minimum absolute atomic E-state index is 0.367. The molecule has 4 heterocycles. The van der Waals surface area contributed by atoms with Gasteiger partial charge in [0.05, 0.1) is 18.9 Å². The van der Waals surface area contributed by atoms with E-state index in [4.69, 9.17) is 15.5 Å². The number of phenols is 1. The van der Waals surface area contributed by atoms with Crippen LogP contribution < -0.4 is 10.6 Å². The predicted molar refractivity (Wildman–Crippen MR) is 120 cm³/mol. The number of phenolic OH excluding ortho intramolecular Hbond substituents is 1. The molecule has 3 aliphatic heterocycles. The van der Waals surface area contributed by atoms with Crippen molar-refractivity contribution < 1.29 is 9.84 Å². The monoisotopic (exact) mass is 424 g/mol. The van der Waals surface area contributed by atoms with Crippen molar-refractivity contribution in [3.05, 3.63) is 40.6 Å². The Morgan fingerprint density at radius 1 is 0.968 bits per heavy atom. The number of benzene rings is 1. The third-order valence-corrected chi connectivity index (χ3v) is 6.60. The largest absolute Gasteiger partial charge is 0.508 e. The second-order valence-corrected chi connectivity index (χ2v) is 8.84. The molecular weight excluding hydrogens is 392 g/mol. The first-order valence-corrected chi connectivity index (χ1v) is 11.4. The van der Waals surface area contributed by atoms with E-state index in [-0.39, 0.29) is 0 Å². The summed E-state index contributed by atoms with van der Waals surface area (Å²) in [7, 11) is 0. The normalized spacial score (nSPS) is 20.2. The Labute approximate surface area is 183 Å². The van der Waals surface area contributed by atoms with E-state index in [1.54, 1.807) is 0 Å². The molecule has 31 heavy (non-hydrogen) atoms. The zero-order valence-corrected chi connectivity index (χ0v) is 18.1. The highest BCUT2D eigenvalue weighted by atomic mass is 16.5. The summed E-state index contributed by atoms with van der Waals surface area (Å²) in [6.07, 6.45) is 3.30. The van der Waals surface area contributed by atoms with Gasteiger partial charge >= 0.3 is 0 Å². The average molecular weight is 425 g/mol. The first-order chi connectivity index (χ1) is 15.2. The van der Waals surface area contributed by atoms with E-state index in [0.717, 1.165) is 94.8 Å². The molecule has 8 nitrogen and oxygen atoms in total. The van der Waals surface area contributed by atoms with Crippen molar-refractivity contribution in [1.82, 2.24) is 19.8 Å². The van der Waals surface area contributed by atoms with Gasteiger partial charge in [0.2, 0.25) is 5.95 Å². The minimum Gasteiger partial charge on any atom is -0.508 e. The van der Waals surface area contributed by atoms with Crippen LogP contribution in [0.1, 0.15) is 35.2 Å². The number of nitrogen functional groups attached to an aromatic ring is 1. The number of hydrogen-bond donors (Lipinski definition) is 2. The number of morpholine rings is 1. The van der Waals surface area contributed by atoms with Crippen LogP contribution in [0.3, 0.4) is 0 Å². The summed E-state index contributed by atoms with van der Waals surface area (Å²) < 4.78 is 5.43. The number of ether oxygens (including phenoxy) is 1. The van der Waals surface area contributed by atoms with E-state index in [9.17, 15) is 5.11 Å². The van der Waals surface area contributed by atoms with Crippen LogP contribution in [0.2, 0.25) is 0 Å². The lowest BCUT2D eigenvalue weighted by Crippen LogP contribution is -2.35. The molecule has 0 bridgehead atoms. The van der Waals surface area contributed by atoms with Crippen LogP contribution >= 0.6 is 0 Å². The zero-order valence-electron chi connectivity index (χ0n) is 18.1. The third-order valence-electron chi connectivity index (χ3n) is 6.60. The molecule has 0 unspecified atom stereocenters. The van der Waals surface area contributed by atoms with Gasteiger partial charge in [-0.05, 0) is 30.5 Å². The maximum atomic E-state index is 10.3. The molecule has 1 aromatic heterocycles. The Kier molecular flexibility index (Phi) is 5.93. The lowest BCUT2D eigenvalue weighted by Gasteiger charge is -2.30. The second kappa shape index (κ2) is 8.98. The molecule has 1 aromatic carbocycles. The molecule has 0 radical (unpaired) electrons. The number of aromatic hydroxyl groups is 1. The van der Waals surface area contributed by atoms with E-state index in [1.165, 1.54) is 18.4 Å². The summed E-state index contributed by atoms with van der Waals surface area (Å²) in [6.45, 7) is 8.68. The number of rotatable bonds is 5. The predicted octanol–water partition coefficient (Wildman–Crippen LogP) is 1.76. The highest BCUT2D eigenvalue weighted by Crippen LogP contribution is 2.28. The van der Waals surface area contributed by atoms with Crippen LogP contribution in [0.25, 0.3) is 0 Å². The van der Waals surface area contributed by atoms with Gasteiger partial charge in [0.25, 0.3) is 0 Å². The van der Waals surface area contributed by atoms with Crippen molar-refractivity contribution in [2.45, 2.75) is 38.9 Å². The molecule has 0 saturated carbocycles. The first kappa shape index (κ1) is 20.5. The molecule has 0 atom stereocenters. The number of nitrogens with two attached hydrogens (primary N) is 1. The lowest BCUT2D eigenvalue weighted by molar-refractivity contribution is 0.0338. The number of nitrogens with zero attached hydrogens (tertiary/aromatic N) is 5. The minimum atomic E-state index is 0.367. The maximum absolute atomic E-state index is 10.3. The molecule has 2 fully saturated rings. The third kappa shape index (κ3) is 4.61. The van der Waals surface area contributed by atoms with Crippen LogP contribution in [0.5, 0.6) is 5.75 Å². The van der Waals surface area contributed by atoms with Crippen molar-refractivity contribution >= 4 is 11.8 Å². The smallest absolute Gasteiger partial charge is 0.227 e. The molecule has 166 valence electrons. The van der Waals surface area contributed by atoms with Gasteiger partial charge in [0.15, 0.2) is 0 Å². The van der Waals surface area contributed by atoms with Gasteiger partial charge in [0, 0.05) is 69.9 Å². The standard InChI is InChI=1S/C23H32N6O2/c24-22-19-16-28(8-5-20(19)25-23(26-22)29-6-1-2-7-29)14-17-3-4-21(30)18(13-17)15-27-9-11-31-12-10-27/h3-4,13,30H,1-2,5-12,14-16H2,(H2,24,25,26). The Hall–Kier alpha value is -2.42. The van der Waals surface area contributed by atoms with E-state index < -0.39 is 0 Å². The average Bonchev–Trinajstić information content (AvgIpc) is 3.32. The van der Waals surface area contributed by atoms with Gasteiger partial charge in [0.1, 0.15) is 11.6 Å². The molecule has 3 aliphatic rings. The number of anilines is 2. The van der Waals surface area contributed by atoms with Crippen molar-refractivity contribution in [3.8, 4) is 5.75 Å². The molecule has 0 amide bonds. The van der Waals surface area contributed by atoms with E-state index in [0.29, 0.717) is 11.6 Å². The Bertz CT molecular complexity index is 925. The van der Waals surface area contributed by atoms with E-state index in [1.807, 2.05) is 12.1 Å². The molecule has 3 N–H and O–H groups in total. The molecule has 0 aliphatic carbocycles. The summed E-state index contributed by atoms with van der Waals surface area (Å²) in [5, 5.41) is 10.3. The van der Waals surface area contributed by atoms with Crippen molar-refractivity contribution in [2.75, 3.05) is 56.6 Å². The maximum Gasteiger partial charge on any atom is 0.227 e. The topological polar surface area (TPSA) is 91.0 Å². The number of fused-ring (bicyclic) bond motifs is 1. The summed E-state index contributed by atoms with van der Waals surface area (Å²) >= 11 is 0. The molecule has 8 heteroatoms. The second-order valence-electron chi connectivity index (χ2n) is 8.84. The van der Waals surface area contributed by atoms with Crippen molar-refractivity contribution in [1.29, 1.82) is 0 Å². The van der Waals surface area contributed by atoms with Crippen LogP contribution in [-0.2, 0) is 30.8 Å². The van der Waals surface area contributed by atoms with Gasteiger partial charge in [-0.15, -0.1) is 0 Å². The van der Waals surface area contributed by atoms with Gasteiger partial charge < -0.3 is 20.5 Å². The molecule has 5 rings (SSSR count). The van der Waals surface area contributed by atoms with E-state index in [2.05, 4.69) is 25.8 Å². The molecular formula is C23H32N6O2. The van der Waals surface area contributed by atoms with Gasteiger partial charge in [-0.3, -0.25) is 9.80 Å². The first-order valence-electron chi connectivity index (χ1n) is 11.4. The summed E-state index contributed by atoms with van der Waals surface area (Å²) in [5.41, 5.74) is 10.7. The number of hydrogen-bond acceptors (Lipinski definition) is 8. The fourth-order valence-electron chi connectivity index (χ4n) is 4.80. The van der Waals surface area contributed by atoms with Crippen molar-refractivity contribution in [3.63, 3.8) is 0 Å². The van der Waals surface area contributed by atoms with Crippen LogP contribution in [0, 0.1) is 0 Å². The fourth-order valence-corrected chi connectivity index (χ4v) is 4.80. The van der Waals surface area contributed by atoms with Gasteiger partial charge in [-0.2, -0.15) is 4.98 Å². The highest BCUT2D eigenvalue weighted by molar-refractivity contribution is 5.49. The van der Waals surface area contributed by atoms with Crippen LogP contribution in [0.15, 0.2) is 18.2 Å². The Morgan fingerprint density at radius 2 is 1.77 bits per heavy atom. The summed E-state index contributed by atoms with van der Waals surface area (Å²) in [6, 6.07) is 5.98. The molecule has 2 aromatic rings. The quantitative estimate of drug-likeness (QED) is 0.750. The van der Waals surface area contributed by atoms with Crippen LogP contribution in [-0.4, -0.2) is 70.8 Å².